The molecule has 0 amide bonds. The van der Waals surface area contributed by atoms with E-state index in [1.54, 1.807) is 11.8 Å². The molecular weight excluding hydrogens is 190 g/mol. The zero-order valence-electron chi connectivity index (χ0n) is 7.16. The molecule has 0 radical (unpaired) electrons. The van der Waals surface area contributed by atoms with Crippen molar-refractivity contribution in [3.8, 4) is 0 Å². The Hall–Kier alpha value is -0.0600. The van der Waals surface area contributed by atoms with E-state index in [0.29, 0.717) is 0 Å². The summed E-state index contributed by atoms with van der Waals surface area (Å²) in [5.74, 6) is 0.877. The molecule has 0 bridgehead atoms. The summed E-state index contributed by atoms with van der Waals surface area (Å²) in [5.41, 5.74) is 0. The number of hydrogen-bond donors (Lipinski definition) is 0. The summed E-state index contributed by atoms with van der Waals surface area (Å²) in [7, 11) is 0. The van der Waals surface area contributed by atoms with Crippen LogP contribution in [-0.4, -0.2) is 34.4 Å². The Labute approximate surface area is 83.0 Å². The molecule has 1 heterocycles. The van der Waals surface area contributed by atoms with Crippen LogP contribution >= 0.6 is 24.0 Å². The minimum Gasteiger partial charge on any atom is -0.357 e. The molecule has 1 fully saturated rings. The summed E-state index contributed by atoms with van der Waals surface area (Å²) >= 11 is 6.85. The SMILES string of the molecule is C=CCSC(=S)N1CCOC1C. The van der Waals surface area contributed by atoms with Gasteiger partial charge in [0.2, 0.25) is 0 Å². The van der Waals surface area contributed by atoms with E-state index in [9.17, 15) is 0 Å². The van der Waals surface area contributed by atoms with Gasteiger partial charge in [-0.1, -0.05) is 30.1 Å². The van der Waals surface area contributed by atoms with Crippen molar-refractivity contribution in [2.75, 3.05) is 18.9 Å². The fourth-order valence-corrected chi connectivity index (χ4v) is 2.16. The predicted octanol–water partition coefficient (Wildman–Crippen LogP) is 1.87. The van der Waals surface area contributed by atoms with Crippen molar-refractivity contribution in [1.82, 2.24) is 4.90 Å². The molecule has 1 rings (SSSR count). The van der Waals surface area contributed by atoms with Gasteiger partial charge in [-0.05, 0) is 6.92 Å². The van der Waals surface area contributed by atoms with E-state index in [-0.39, 0.29) is 6.23 Å². The summed E-state index contributed by atoms with van der Waals surface area (Å²) in [5, 5.41) is 0. The smallest absolute Gasteiger partial charge is 0.138 e. The van der Waals surface area contributed by atoms with Crippen LogP contribution in [0.3, 0.4) is 0 Å². The first-order valence-corrected chi connectivity index (χ1v) is 5.31. The molecule has 4 heteroatoms. The first-order chi connectivity index (χ1) is 5.75. The van der Waals surface area contributed by atoms with Crippen LogP contribution < -0.4 is 0 Å². The molecule has 1 atom stereocenters. The maximum Gasteiger partial charge on any atom is 0.138 e. The van der Waals surface area contributed by atoms with E-state index >= 15 is 0 Å². The van der Waals surface area contributed by atoms with Gasteiger partial charge in [-0.25, -0.2) is 0 Å². The van der Waals surface area contributed by atoms with Crippen molar-refractivity contribution in [3.05, 3.63) is 12.7 Å². The molecule has 0 saturated carbocycles. The van der Waals surface area contributed by atoms with E-state index in [0.717, 1.165) is 23.2 Å². The van der Waals surface area contributed by atoms with Gasteiger partial charge < -0.3 is 9.64 Å². The summed E-state index contributed by atoms with van der Waals surface area (Å²) in [6.07, 6.45) is 2.01. The molecule has 0 spiro atoms. The molecular formula is C8H13NOS2. The molecule has 1 aliphatic rings. The second kappa shape index (κ2) is 4.84. The Bertz CT molecular complexity index is 184. The average molecular weight is 203 g/mol. The second-order valence-corrected chi connectivity index (χ2v) is 4.18. The van der Waals surface area contributed by atoms with Gasteiger partial charge in [0.15, 0.2) is 0 Å². The summed E-state index contributed by atoms with van der Waals surface area (Å²) in [4.78, 5) is 2.10. The standard InChI is InChI=1S/C8H13NOS2/c1-3-6-12-8(11)9-4-5-10-7(9)2/h3,7H,1,4-6H2,2H3. The number of hydrogen-bond acceptors (Lipinski definition) is 3. The number of ether oxygens (including phenoxy) is 1. The normalized spacial score (nSPS) is 22.8. The number of thioether (sulfide) groups is 1. The van der Waals surface area contributed by atoms with Gasteiger partial charge in [-0.15, -0.1) is 6.58 Å². The zero-order chi connectivity index (χ0) is 8.97. The first-order valence-electron chi connectivity index (χ1n) is 3.91. The summed E-state index contributed by atoms with van der Waals surface area (Å²) in [6, 6.07) is 0. The van der Waals surface area contributed by atoms with Crippen molar-refractivity contribution < 1.29 is 4.74 Å². The van der Waals surface area contributed by atoms with Gasteiger partial charge in [0.25, 0.3) is 0 Å². The van der Waals surface area contributed by atoms with Gasteiger partial charge in [-0.2, -0.15) is 0 Å². The third-order valence-electron chi connectivity index (χ3n) is 1.69. The molecule has 0 aromatic heterocycles. The highest BCUT2D eigenvalue weighted by molar-refractivity contribution is 8.23. The lowest BCUT2D eigenvalue weighted by Gasteiger charge is -2.21. The molecule has 0 aliphatic carbocycles. The minimum absolute atomic E-state index is 0.148. The van der Waals surface area contributed by atoms with E-state index in [2.05, 4.69) is 11.5 Å². The fraction of sp³-hybridized carbons (Fsp3) is 0.625. The van der Waals surface area contributed by atoms with Gasteiger partial charge in [0, 0.05) is 12.3 Å². The quantitative estimate of drug-likeness (QED) is 0.501. The molecule has 1 aliphatic heterocycles. The Kier molecular flexibility index (Phi) is 4.05. The fourth-order valence-electron chi connectivity index (χ4n) is 1.05. The number of thiocarbonyl (C=S) groups is 1. The summed E-state index contributed by atoms with van der Waals surface area (Å²) < 4.78 is 6.28. The molecule has 68 valence electrons. The monoisotopic (exact) mass is 203 g/mol. The lowest BCUT2D eigenvalue weighted by molar-refractivity contribution is 0.0819. The van der Waals surface area contributed by atoms with Crippen LogP contribution in [0.2, 0.25) is 0 Å². The lowest BCUT2D eigenvalue weighted by atomic mass is 10.6. The predicted molar refractivity (Wildman–Crippen MR) is 57.4 cm³/mol. The van der Waals surface area contributed by atoms with Crippen LogP contribution in [0.5, 0.6) is 0 Å². The highest BCUT2D eigenvalue weighted by Gasteiger charge is 2.22. The van der Waals surface area contributed by atoms with E-state index in [1.807, 2.05) is 13.0 Å². The van der Waals surface area contributed by atoms with Crippen LogP contribution in [0.1, 0.15) is 6.92 Å². The van der Waals surface area contributed by atoms with E-state index < -0.39 is 0 Å². The number of nitrogens with zero attached hydrogens (tertiary/aromatic N) is 1. The van der Waals surface area contributed by atoms with Crippen LogP contribution in [0.15, 0.2) is 12.7 Å². The summed E-state index contributed by atoms with van der Waals surface area (Å²) in [6.45, 7) is 7.38. The zero-order valence-corrected chi connectivity index (χ0v) is 8.79. The van der Waals surface area contributed by atoms with Gasteiger partial charge in [-0.3, -0.25) is 0 Å². The van der Waals surface area contributed by atoms with E-state index in [1.165, 1.54) is 0 Å². The topological polar surface area (TPSA) is 12.5 Å². The lowest BCUT2D eigenvalue weighted by Crippen LogP contribution is -2.31. The third-order valence-corrected chi connectivity index (χ3v) is 3.16. The molecule has 0 N–H and O–H groups in total. The molecule has 0 aromatic carbocycles. The maximum atomic E-state index is 5.37. The van der Waals surface area contributed by atoms with Crippen molar-refractivity contribution in [2.24, 2.45) is 0 Å². The van der Waals surface area contributed by atoms with Gasteiger partial charge >= 0.3 is 0 Å². The maximum absolute atomic E-state index is 5.37. The Morgan fingerprint density at radius 1 is 1.92 bits per heavy atom. The van der Waals surface area contributed by atoms with Gasteiger partial charge in [0.05, 0.1) is 6.61 Å². The third kappa shape index (κ3) is 2.47. The highest BCUT2D eigenvalue weighted by atomic mass is 32.2. The Morgan fingerprint density at radius 3 is 3.17 bits per heavy atom. The van der Waals surface area contributed by atoms with Crippen molar-refractivity contribution in [1.29, 1.82) is 0 Å². The van der Waals surface area contributed by atoms with Gasteiger partial charge in [0.1, 0.15) is 10.5 Å². The minimum atomic E-state index is 0.148. The van der Waals surface area contributed by atoms with E-state index in [4.69, 9.17) is 17.0 Å². The van der Waals surface area contributed by atoms with Crippen molar-refractivity contribution in [3.63, 3.8) is 0 Å². The van der Waals surface area contributed by atoms with Crippen LogP contribution in [0.25, 0.3) is 0 Å². The Balaban J connectivity index is 2.35. The molecule has 12 heavy (non-hydrogen) atoms. The molecule has 2 nitrogen and oxygen atoms in total. The molecule has 1 saturated heterocycles. The van der Waals surface area contributed by atoms with Crippen LogP contribution in [0.4, 0.5) is 0 Å². The first kappa shape index (κ1) is 10.0. The Morgan fingerprint density at radius 2 is 2.67 bits per heavy atom. The van der Waals surface area contributed by atoms with Crippen LogP contribution in [0, 0.1) is 0 Å². The number of rotatable bonds is 2. The largest absolute Gasteiger partial charge is 0.357 e. The highest BCUT2D eigenvalue weighted by Crippen LogP contribution is 2.17. The van der Waals surface area contributed by atoms with Crippen LogP contribution in [-0.2, 0) is 4.74 Å². The second-order valence-electron chi connectivity index (χ2n) is 2.53. The van der Waals surface area contributed by atoms with Crippen molar-refractivity contribution in [2.45, 2.75) is 13.2 Å². The average Bonchev–Trinajstić information content (AvgIpc) is 2.47. The molecule has 1 unspecified atom stereocenters. The molecule has 0 aromatic rings. The van der Waals surface area contributed by atoms with Crippen molar-refractivity contribution >= 4 is 28.3 Å².